The molecule has 0 aromatic carbocycles. The van der Waals surface area contributed by atoms with Crippen LogP contribution in [0.5, 0.6) is 0 Å². The summed E-state index contributed by atoms with van der Waals surface area (Å²) >= 11 is 4.48. The lowest BCUT2D eigenvalue weighted by molar-refractivity contribution is 0.0697. The molecule has 3 aromatic rings. The second kappa shape index (κ2) is 4.84. The zero-order valence-corrected chi connectivity index (χ0v) is 12.2. The van der Waals surface area contributed by atoms with Gasteiger partial charge in [-0.3, -0.25) is 0 Å². The van der Waals surface area contributed by atoms with Crippen LogP contribution >= 0.6 is 34.0 Å². The van der Waals surface area contributed by atoms with Crippen molar-refractivity contribution in [2.75, 3.05) is 0 Å². The molecule has 0 atom stereocenters. The summed E-state index contributed by atoms with van der Waals surface area (Å²) in [7, 11) is 0. The molecule has 0 fully saturated rings. The number of nitrogens with zero attached hydrogens (tertiary/aromatic N) is 2. The van der Waals surface area contributed by atoms with Crippen molar-refractivity contribution in [3.63, 3.8) is 0 Å². The van der Waals surface area contributed by atoms with E-state index in [2.05, 4.69) is 9.97 Å². The number of aryl methyl sites for hydroxylation is 1. The summed E-state index contributed by atoms with van der Waals surface area (Å²) in [6.45, 7) is 1.95. The van der Waals surface area contributed by atoms with Crippen LogP contribution in [-0.4, -0.2) is 21.0 Å². The number of thiophene rings is 1. The monoisotopic (exact) mass is 308 g/mol. The van der Waals surface area contributed by atoms with Crippen LogP contribution in [0.4, 0.5) is 0 Å². The predicted molar refractivity (Wildman–Crippen MR) is 78.2 cm³/mol. The molecule has 0 saturated carbocycles. The molecule has 0 unspecified atom stereocenters. The summed E-state index contributed by atoms with van der Waals surface area (Å²) in [5.41, 5.74) is 2.10. The number of aromatic nitrogens is 2. The van der Waals surface area contributed by atoms with E-state index in [4.69, 9.17) is 5.11 Å². The van der Waals surface area contributed by atoms with Crippen LogP contribution < -0.4 is 0 Å². The number of aromatic carboxylic acids is 1. The molecule has 0 aliphatic heterocycles. The normalized spacial score (nSPS) is 10.8. The highest BCUT2D eigenvalue weighted by Gasteiger charge is 2.13. The summed E-state index contributed by atoms with van der Waals surface area (Å²) in [5, 5.41) is 16.2. The Morgan fingerprint density at radius 1 is 1.11 bits per heavy atom. The lowest BCUT2D eigenvalue weighted by Crippen LogP contribution is -1.91. The van der Waals surface area contributed by atoms with Crippen LogP contribution in [0, 0.1) is 6.92 Å². The third-order valence-electron chi connectivity index (χ3n) is 2.41. The van der Waals surface area contributed by atoms with E-state index in [1.807, 2.05) is 17.7 Å². The first-order valence-electron chi connectivity index (χ1n) is 5.34. The van der Waals surface area contributed by atoms with Gasteiger partial charge in [0, 0.05) is 21.8 Å². The number of thiazole rings is 2. The lowest BCUT2D eigenvalue weighted by Gasteiger charge is -1.88. The number of hydrogen-bond acceptors (Lipinski definition) is 6. The fourth-order valence-electron chi connectivity index (χ4n) is 1.52. The molecule has 0 radical (unpaired) electrons. The van der Waals surface area contributed by atoms with Crippen LogP contribution in [0.3, 0.4) is 0 Å². The Labute approximate surface area is 121 Å². The van der Waals surface area contributed by atoms with Crippen LogP contribution in [-0.2, 0) is 0 Å². The lowest BCUT2D eigenvalue weighted by atomic mass is 10.3. The minimum atomic E-state index is -0.909. The van der Waals surface area contributed by atoms with Crippen LogP contribution in [0.25, 0.3) is 20.6 Å². The minimum absolute atomic E-state index is 0.305. The van der Waals surface area contributed by atoms with Gasteiger partial charge < -0.3 is 5.11 Å². The van der Waals surface area contributed by atoms with Gasteiger partial charge in [-0.25, -0.2) is 14.8 Å². The van der Waals surface area contributed by atoms with E-state index in [9.17, 15) is 4.79 Å². The van der Waals surface area contributed by atoms with Crippen LogP contribution in [0.1, 0.15) is 16.1 Å². The topological polar surface area (TPSA) is 63.1 Å². The molecule has 19 heavy (non-hydrogen) atoms. The minimum Gasteiger partial charge on any atom is -0.478 e. The van der Waals surface area contributed by atoms with E-state index >= 15 is 0 Å². The van der Waals surface area contributed by atoms with E-state index in [0.29, 0.717) is 5.56 Å². The molecular weight excluding hydrogens is 300 g/mol. The first kappa shape index (κ1) is 12.5. The smallest absolute Gasteiger partial charge is 0.336 e. The highest BCUT2D eigenvalue weighted by molar-refractivity contribution is 7.20. The molecule has 1 N–H and O–H groups in total. The van der Waals surface area contributed by atoms with Crippen molar-refractivity contribution < 1.29 is 9.90 Å². The first-order valence-corrected chi connectivity index (χ1v) is 7.97. The van der Waals surface area contributed by atoms with Crippen molar-refractivity contribution in [2.24, 2.45) is 0 Å². The number of carboxylic acids is 1. The van der Waals surface area contributed by atoms with Gasteiger partial charge in [0.25, 0.3) is 0 Å². The van der Waals surface area contributed by atoms with E-state index in [1.54, 1.807) is 22.8 Å². The Morgan fingerprint density at radius 2 is 1.84 bits per heavy atom. The Kier molecular flexibility index (Phi) is 3.17. The van der Waals surface area contributed by atoms with Gasteiger partial charge in [0.15, 0.2) is 10.0 Å². The van der Waals surface area contributed by atoms with Gasteiger partial charge in [-0.05, 0) is 13.0 Å². The number of rotatable bonds is 3. The molecule has 0 amide bonds. The van der Waals surface area contributed by atoms with Gasteiger partial charge >= 0.3 is 5.97 Å². The average molecular weight is 308 g/mol. The molecule has 0 aliphatic rings. The number of carbonyl (C=O) groups is 1. The Morgan fingerprint density at radius 3 is 2.47 bits per heavy atom. The summed E-state index contributed by atoms with van der Waals surface area (Å²) in [4.78, 5) is 20.6. The average Bonchev–Trinajstić information content (AvgIpc) is 3.07. The molecule has 0 saturated heterocycles. The van der Waals surface area contributed by atoms with Gasteiger partial charge in [-0.1, -0.05) is 0 Å². The van der Waals surface area contributed by atoms with Crippen LogP contribution in [0.15, 0.2) is 22.2 Å². The maximum absolute atomic E-state index is 10.9. The zero-order valence-electron chi connectivity index (χ0n) is 9.78. The SMILES string of the molecule is Cc1csc(-c2nc(-c3cc(C(=O)O)cs3)cs2)n1. The predicted octanol–water partition coefficient (Wildman–Crippen LogP) is 4.00. The molecule has 3 rings (SSSR count). The Balaban J connectivity index is 1.94. The third kappa shape index (κ3) is 2.44. The van der Waals surface area contributed by atoms with Crippen LogP contribution in [0.2, 0.25) is 0 Å². The molecule has 0 aliphatic carbocycles. The van der Waals surface area contributed by atoms with Crippen molar-refractivity contribution in [1.29, 1.82) is 0 Å². The Bertz CT molecular complexity index is 742. The molecular formula is C12H8N2O2S3. The van der Waals surface area contributed by atoms with E-state index in [-0.39, 0.29) is 0 Å². The second-order valence-corrected chi connectivity index (χ2v) is 6.46. The molecule has 0 spiro atoms. The van der Waals surface area contributed by atoms with E-state index in [0.717, 1.165) is 26.3 Å². The molecule has 3 aromatic heterocycles. The van der Waals surface area contributed by atoms with Crippen molar-refractivity contribution in [2.45, 2.75) is 6.92 Å². The number of hydrogen-bond donors (Lipinski definition) is 1. The van der Waals surface area contributed by atoms with Crippen molar-refractivity contribution in [1.82, 2.24) is 9.97 Å². The summed E-state index contributed by atoms with van der Waals surface area (Å²) in [5.74, 6) is -0.909. The summed E-state index contributed by atoms with van der Waals surface area (Å²) in [6.07, 6.45) is 0. The van der Waals surface area contributed by atoms with E-state index < -0.39 is 5.97 Å². The molecule has 3 heterocycles. The van der Waals surface area contributed by atoms with Gasteiger partial charge in [0.2, 0.25) is 0 Å². The maximum atomic E-state index is 10.9. The second-order valence-electron chi connectivity index (χ2n) is 3.84. The quantitative estimate of drug-likeness (QED) is 0.794. The first-order chi connectivity index (χ1) is 9.13. The zero-order chi connectivity index (χ0) is 13.4. The van der Waals surface area contributed by atoms with E-state index in [1.165, 1.54) is 22.7 Å². The summed E-state index contributed by atoms with van der Waals surface area (Å²) in [6, 6.07) is 1.65. The van der Waals surface area contributed by atoms with Crippen molar-refractivity contribution >= 4 is 40.0 Å². The van der Waals surface area contributed by atoms with Gasteiger partial charge in [0.05, 0.1) is 16.1 Å². The molecule has 96 valence electrons. The number of carboxylic acid groups (broad SMARTS) is 1. The molecule has 4 nitrogen and oxygen atoms in total. The fraction of sp³-hybridized carbons (Fsp3) is 0.0833. The molecule has 7 heteroatoms. The van der Waals surface area contributed by atoms with Gasteiger partial charge in [-0.2, -0.15) is 0 Å². The highest BCUT2D eigenvalue weighted by atomic mass is 32.1. The third-order valence-corrected chi connectivity index (χ3v) is 5.30. The maximum Gasteiger partial charge on any atom is 0.336 e. The highest BCUT2D eigenvalue weighted by Crippen LogP contribution is 2.33. The fourth-order valence-corrected chi connectivity index (χ4v) is 4.10. The summed E-state index contributed by atoms with van der Waals surface area (Å²) < 4.78 is 0. The Hall–Kier alpha value is -1.57. The van der Waals surface area contributed by atoms with Crippen molar-refractivity contribution in [3.05, 3.63) is 33.5 Å². The van der Waals surface area contributed by atoms with Crippen molar-refractivity contribution in [3.8, 4) is 20.6 Å². The largest absolute Gasteiger partial charge is 0.478 e. The van der Waals surface area contributed by atoms with Gasteiger partial charge in [-0.15, -0.1) is 34.0 Å². The van der Waals surface area contributed by atoms with Gasteiger partial charge in [0.1, 0.15) is 0 Å². The molecule has 0 bridgehead atoms. The standard InChI is InChI=1S/C12H8N2O2S3/c1-6-3-18-10(13-6)11-14-8(5-19-11)9-2-7(4-17-9)12(15)16/h2-5H,1H3,(H,15,16).